The maximum Gasteiger partial charge on any atom is 0.249 e. The Hall–Kier alpha value is -2.62. The monoisotopic (exact) mass is 252 g/mol. The summed E-state index contributed by atoms with van der Waals surface area (Å²) in [6, 6.07) is 12.6. The quantitative estimate of drug-likeness (QED) is 0.817. The summed E-state index contributed by atoms with van der Waals surface area (Å²) in [6.45, 7) is 0. The maximum atomic E-state index is 12.3. The number of nitrogens with two attached hydrogens (primary N) is 1. The van der Waals surface area contributed by atoms with Gasteiger partial charge in [-0.2, -0.15) is 0 Å². The highest BCUT2D eigenvalue weighted by atomic mass is 16.1. The van der Waals surface area contributed by atoms with Crippen molar-refractivity contribution in [1.29, 1.82) is 0 Å². The van der Waals surface area contributed by atoms with E-state index < -0.39 is 5.91 Å². The summed E-state index contributed by atoms with van der Waals surface area (Å²) >= 11 is 0. The fraction of sp³-hybridized carbons (Fsp3) is 0.0667. The Balaban J connectivity index is 2.20. The average molecular weight is 252 g/mol. The maximum absolute atomic E-state index is 12.3. The highest BCUT2D eigenvalue weighted by Crippen LogP contribution is 2.31. The number of carbonyl (C=O) groups excluding carboxylic acids is 2. The van der Waals surface area contributed by atoms with Crippen molar-refractivity contribution in [3.8, 4) is 0 Å². The molecule has 0 fully saturated rings. The van der Waals surface area contributed by atoms with Gasteiger partial charge in [-0.1, -0.05) is 18.2 Å². The number of Topliss-reactive ketones (excluding diaryl/α,β-unsaturated/α-hetero) is 1. The molecule has 3 rings (SSSR count). The first kappa shape index (κ1) is 11.5. The molecule has 4 nitrogen and oxygen atoms in total. The lowest BCUT2D eigenvalue weighted by Crippen LogP contribution is -2.15. The standard InChI is InChI=1S/C15H12N2O2/c16-15(19)9-5-3-7-13-11(9)8-14(18)10-4-1-2-6-12(10)17-13/h1-7,17H,8H2,(H2,16,19). The Bertz CT molecular complexity index is 692. The molecule has 0 saturated carbocycles. The molecule has 1 heterocycles. The number of amides is 1. The van der Waals surface area contributed by atoms with Crippen LogP contribution in [0.15, 0.2) is 42.5 Å². The second-order valence-corrected chi connectivity index (χ2v) is 4.47. The van der Waals surface area contributed by atoms with Crippen LogP contribution in [0, 0.1) is 0 Å². The average Bonchev–Trinajstić information content (AvgIpc) is 2.54. The van der Waals surface area contributed by atoms with Gasteiger partial charge in [0.05, 0.1) is 0 Å². The van der Waals surface area contributed by atoms with Crippen molar-refractivity contribution in [1.82, 2.24) is 0 Å². The summed E-state index contributed by atoms with van der Waals surface area (Å²) in [7, 11) is 0. The van der Waals surface area contributed by atoms with Gasteiger partial charge in [0, 0.05) is 28.9 Å². The second kappa shape index (κ2) is 4.24. The lowest BCUT2D eigenvalue weighted by Gasteiger charge is -2.10. The lowest BCUT2D eigenvalue weighted by atomic mass is 9.98. The molecule has 1 aliphatic heterocycles. The van der Waals surface area contributed by atoms with Crippen molar-refractivity contribution in [2.75, 3.05) is 5.32 Å². The zero-order valence-corrected chi connectivity index (χ0v) is 10.1. The van der Waals surface area contributed by atoms with Crippen LogP contribution >= 0.6 is 0 Å². The minimum atomic E-state index is -0.516. The molecule has 19 heavy (non-hydrogen) atoms. The van der Waals surface area contributed by atoms with Crippen LogP contribution in [-0.4, -0.2) is 11.7 Å². The second-order valence-electron chi connectivity index (χ2n) is 4.47. The van der Waals surface area contributed by atoms with Crippen LogP contribution in [0.3, 0.4) is 0 Å². The molecular formula is C15H12N2O2. The molecule has 3 N–H and O–H groups in total. The molecule has 0 unspecified atom stereocenters. The molecule has 94 valence electrons. The van der Waals surface area contributed by atoms with Gasteiger partial charge in [-0.3, -0.25) is 9.59 Å². The summed E-state index contributed by atoms with van der Waals surface area (Å²) in [5.41, 5.74) is 8.57. The van der Waals surface area contributed by atoms with E-state index in [0.29, 0.717) is 16.7 Å². The molecule has 0 saturated heterocycles. The van der Waals surface area contributed by atoms with E-state index in [1.54, 1.807) is 18.2 Å². The van der Waals surface area contributed by atoms with Gasteiger partial charge < -0.3 is 11.1 Å². The molecule has 0 radical (unpaired) electrons. The van der Waals surface area contributed by atoms with E-state index in [9.17, 15) is 9.59 Å². The SMILES string of the molecule is NC(=O)c1cccc2c1CC(=O)c1ccccc1N2. The molecule has 0 aromatic heterocycles. The number of anilines is 2. The first-order chi connectivity index (χ1) is 9.16. The fourth-order valence-electron chi connectivity index (χ4n) is 2.36. The first-order valence-corrected chi connectivity index (χ1v) is 5.98. The summed E-state index contributed by atoms with van der Waals surface area (Å²) in [4.78, 5) is 23.7. The van der Waals surface area contributed by atoms with Crippen LogP contribution in [0.1, 0.15) is 26.3 Å². The largest absolute Gasteiger partial charge is 0.366 e. The molecule has 1 amide bonds. The number of rotatable bonds is 1. The third kappa shape index (κ3) is 1.87. The number of primary amides is 1. The molecular weight excluding hydrogens is 240 g/mol. The third-order valence-electron chi connectivity index (χ3n) is 3.28. The lowest BCUT2D eigenvalue weighted by molar-refractivity contribution is 0.0993. The van der Waals surface area contributed by atoms with Crippen LogP contribution in [0.25, 0.3) is 0 Å². The van der Waals surface area contributed by atoms with Crippen molar-refractivity contribution >= 4 is 23.1 Å². The van der Waals surface area contributed by atoms with Gasteiger partial charge >= 0.3 is 0 Å². The van der Waals surface area contributed by atoms with Crippen molar-refractivity contribution in [2.45, 2.75) is 6.42 Å². The first-order valence-electron chi connectivity index (χ1n) is 5.98. The fourth-order valence-corrected chi connectivity index (χ4v) is 2.36. The van der Waals surface area contributed by atoms with E-state index in [4.69, 9.17) is 5.73 Å². The van der Waals surface area contributed by atoms with Gasteiger partial charge in [0.2, 0.25) is 5.91 Å². The molecule has 0 bridgehead atoms. The van der Waals surface area contributed by atoms with Crippen molar-refractivity contribution in [3.05, 3.63) is 59.2 Å². The summed E-state index contributed by atoms with van der Waals surface area (Å²) in [5.74, 6) is -0.534. The predicted octanol–water partition coefficient (Wildman–Crippen LogP) is 2.27. The van der Waals surface area contributed by atoms with Crippen LogP contribution < -0.4 is 11.1 Å². The van der Waals surface area contributed by atoms with Gasteiger partial charge in [-0.15, -0.1) is 0 Å². The van der Waals surface area contributed by atoms with Crippen molar-refractivity contribution < 1.29 is 9.59 Å². The highest BCUT2D eigenvalue weighted by Gasteiger charge is 2.22. The zero-order valence-electron chi connectivity index (χ0n) is 10.1. The van der Waals surface area contributed by atoms with Crippen molar-refractivity contribution in [3.63, 3.8) is 0 Å². The summed E-state index contributed by atoms with van der Waals surface area (Å²) < 4.78 is 0. The highest BCUT2D eigenvalue weighted by molar-refractivity contribution is 6.07. The third-order valence-corrected chi connectivity index (χ3v) is 3.28. The Kier molecular flexibility index (Phi) is 2.56. The topological polar surface area (TPSA) is 72.2 Å². The zero-order chi connectivity index (χ0) is 13.4. The summed E-state index contributed by atoms with van der Waals surface area (Å²) in [5, 5.41) is 3.20. The number of nitrogens with one attached hydrogen (secondary N) is 1. The van der Waals surface area contributed by atoms with Crippen LogP contribution in [0.2, 0.25) is 0 Å². The smallest absolute Gasteiger partial charge is 0.249 e. The van der Waals surface area contributed by atoms with E-state index in [-0.39, 0.29) is 12.2 Å². The van der Waals surface area contributed by atoms with Crippen LogP contribution in [0.4, 0.5) is 11.4 Å². The van der Waals surface area contributed by atoms with Crippen LogP contribution in [0.5, 0.6) is 0 Å². The molecule has 1 aliphatic rings. The van der Waals surface area contributed by atoms with Gasteiger partial charge in [0.25, 0.3) is 0 Å². The number of carbonyl (C=O) groups is 2. The summed E-state index contributed by atoms with van der Waals surface area (Å²) in [6.07, 6.45) is 0.179. The minimum absolute atomic E-state index is 0.0180. The molecule has 0 atom stereocenters. The van der Waals surface area contributed by atoms with E-state index in [0.717, 1.165) is 11.4 Å². The normalized spacial score (nSPS) is 12.9. The molecule has 4 heteroatoms. The van der Waals surface area contributed by atoms with E-state index in [2.05, 4.69) is 5.32 Å². The molecule has 0 spiro atoms. The van der Waals surface area contributed by atoms with E-state index >= 15 is 0 Å². The van der Waals surface area contributed by atoms with Gasteiger partial charge in [0.1, 0.15) is 0 Å². The number of hydrogen-bond acceptors (Lipinski definition) is 3. The van der Waals surface area contributed by atoms with Gasteiger partial charge in [-0.25, -0.2) is 0 Å². The van der Waals surface area contributed by atoms with E-state index in [1.807, 2.05) is 24.3 Å². The number of benzene rings is 2. The van der Waals surface area contributed by atoms with Gasteiger partial charge in [-0.05, 0) is 29.8 Å². The number of ketones is 1. The van der Waals surface area contributed by atoms with Crippen molar-refractivity contribution in [2.24, 2.45) is 5.73 Å². The minimum Gasteiger partial charge on any atom is -0.366 e. The Morgan fingerprint density at radius 2 is 1.79 bits per heavy atom. The Labute approximate surface area is 110 Å². The van der Waals surface area contributed by atoms with Crippen LogP contribution in [-0.2, 0) is 6.42 Å². The number of hydrogen-bond donors (Lipinski definition) is 2. The molecule has 2 aromatic carbocycles. The Morgan fingerprint density at radius 1 is 1.05 bits per heavy atom. The molecule has 0 aliphatic carbocycles. The van der Waals surface area contributed by atoms with E-state index in [1.165, 1.54) is 0 Å². The van der Waals surface area contributed by atoms with Gasteiger partial charge in [0.15, 0.2) is 5.78 Å². The predicted molar refractivity (Wildman–Crippen MR) is 72.7 cm³/mol. The number of para-hydroxylation sites is 1. The number of fused-ring (bicyclic) bond motifs is 2. The molecule has 2 aromatic rings. The Morgan fingerprint density at radius 3 is 2.58 bits per heavy atom.